The Morgan fingerprint density at radius 3 is 2.79 bits per heavy atom. The van der Waals surface area contributed by atoms with Crippen molar-refractivity contribution in [3.8, 4) is 11.4 Å². The number of anilines is 1. The van der Waals surface area contributed by atoms with Gasteiger partial charge in [0.25, 0.3) is 5.91 Å². The van der Waals surface area contributed by atoms with Gasteiger partial charge in [0.2, 0.25) is 11.7 Å². The van der Waals surface area contributed by atoms with Crippen LogP contribution in [0.4, 0.5) is 5.69 Å². The Hall–Kier alpha value is -3.23. The predicted molar refractivity (Wildman–Crippen MR) is 108 cm³/mol. The van der Waals surface area contributed by atoms with Crippen LogP contribution >= 0.6 is 0 Å². The minimum absolute atomic E-state index is 0.296. The first-order valence-corrected chi connectivity index (χ1v) is 9.54. The number of aromatic nitrogens is 2. The lowest BCUT2D eigenvalue weighted by Crippen LogP contribution is -2.35. The van der Waals surface area contributed by atoms with Gasteiger partial charge in [-0.15, -0.1) is 0 Å². The normalized spacial score (nSPS) is 14.6. The van der Waals surface area contributed by atoms with Crippen LogP contribution in [-0.2, 0) is 17.8 Å². The zero-order valence-corrected chi connectivity index (χ0v) is 16.0. The molecule has 1 saturated heterocycles. The van der Waals surface area contributed by atoms with Gasteiger partial charge >= 0.3 is 0 Å². The SMILES string of the molecule is NC(=O)c1ccccc1NCc1nc(-c2cccc(CN3CCOCC3)c2)no1. The summed E-state index contributed by atoms with van der Waals surface area (Å²) in [7, 11) is 0. The fourth-order valence-electron chi connectivity index (χ4n) is 3.29. The van der Waals surface area contributed by atoms with E-state index in [4.69, 9.17) is 15.0 Å². The van der Waals surface area contributed by atoms with Crippen LogP contribution in [0.3, 0.4) is 0 Å². The van der Waals surface area contributed by atoms with Crippen LogP contribution in [0.15, 0.2) is 53.1 Å². The van der Waals surface area contributed by atoms with Crippen molar-refractivity contribution < 1.29 is 14.1 Å². The summed E-state index contributed by atoms with van der Waals surface area (Å²) < 4.78 is 10.8. The van der Waals surface area contributed by atoms with Crippen LogP contribution < -0.4 is 11.1 Å². The molecule has 0 aliphatic carbocycles. The summed E-state index contributed by atoms with van der Waals surface area (Å²) in [5.74, 6) is 0.475. The molecule has 1 aliphatic heterocycles. The van der Waals surface area contributed by atoms with Crippen LogP contribution in [0.25, 0.3) is 11.4 Å². The highest BCUT2D eigenvalue weighted by atomic mass is 16.5. The molecule has 0 saturated carbocycles. The molecule has 1 aromatic heterocycles. The Bertz CT molecular complexity index is 982. The number of morpholine rings is 1. The van der Waals surface area contributed by atoms with Gasteiger partial charge in [-0.3, -0.25) is 9.69 Å². The van der Waals surface area contributed by atoms with Crippen LogP contribution in [0.1, 0.15) is 21.8 Å². The fraction of sp³-hybridized carbons (Fsp3) is 0.286. The highest BCUT2D eigenvalue weighted by molar-refractivity contribution is 5.98. The Kier molecular flexibility index (Phi) is 5.83. The molecule has 0 atom stereocenters. The van der Waals surface area contributed by atoms with E-state index in [0.717, 1.165) is 38.4 Å². The molecule has 0 radical (unpaired) electrons. The van der Waals surface area contributed by atoms with E-state index in [2.05, 4.69) is 32.5 Å². The summed E-state index contributed by atoms with van der Waals surface area (Å²) in [6.07, 6.45) is 0. The number of nitrogens with zero attached hydrogens (tertiary/aromatic N) is 3. The maximum Gasteiger partial charge on any atom is 0.250 e. The molecule has 3 aromatic rings. The number of primary amides is 1. The fourth-order valence-corrected chi connectivity index (χ4v) is 3.29. The molecule has 4 rings (SSSR count). The average molecular weight is 393 g/mol. The van der Waals surface area contributed by atoms with E-state index in [1.54, 1.807) is 18.2 Å². The van der Waals surface area contributed by atoms with Gasteiger partial charge in [0.15, 0.2) is 0 Å². The quantitative estimate of drug-likeness (QED) is 0.634. The van der Waals surface area contributed by atoms with E-state index >= 15 is 0 Å². The number of hydrogen-bond acceptors (Lipinski definition) is 7. The molecule has 0 bridgehead atoms. The van der Waals surface area contributed by atoms with Crippen LogP contribution in [-0.4, -0.2) is 47.3 Å². The number of carbonyl (C=O) groups is 1. The topological polar surface area (TPSA) is 107 Å². The standard InChI is InChI=1S/C21H23N5O3/c22-20(27)17-6-1-2-7-18(17)23-13-19-24-21(25-29-19)16-5-3-4-15(12-16)14-26-8-10-28-11-9-26/h1-7,12,23H,8-11,13-14H2,(H2,22,27). The molecule has 150 valence electrons. The second-order valence-electron chi connectivity index (χ2n) is 6.86. The molecular formula is C21H23N5O3. The summed E-state index contributed by atoms with van der Waals surface area (Å²) in [5.41, 5.74) is 8.56. The molecule has 1 fully saturated rings. The third kappa shape index (κ3) is 4.79. The average Bonchev–Trinajstić information content (AvgIpc) is 3.22. The summed E-state index contributed by atoms with van der Waals surface area (Å²) in [6.45, 7) is 4.60. The molecule has 0 unspecified atom stereocenters. The van der Waals surface area contributed by atoms with Gasteiger partial charge in [-0.2, -0.15) is 4.98 Å². The first-order valence-electron chi connectivity index (χ1n) is 9.54. The summed E-state index contributed by atoms with van der Waals surface area (Å²) in [6, 6.07) is 15.2. The number of nitrogens with two attached hydrogens (primary N) is 1. The van der Waals surface area contributed by atoms with Gasteiger partial charge in [0.1, 0.15) is 0 Å². The van der Waals surface area contributed by atoms with Crippen molar-refractivity contribution in [3.63, 3.8) is 0 Å². The lowest BCUT2D eigenvalue weighted by molar-refractivity contribution is 0.0342. The number of hydrogen-bond donors (Lipinski definition) is 2. The monoisotopic (exact) mass is 393 g/mol. The maximum atomic E-state index is 11.5. The lowest BCUT2D eigenvalue weighted by atomic mass is 10.1. The van der Waals surface area contributed by atoms with Crippen molar-refractivity contribution >= 4 is 11.6 Å². The van der Waals surface area contributed by atoms with Crippen molar-refractivity contribution in [2.75, 3.05) is 31.6 Å². The molecule has 29 heavy (non-hydrogen) atoms. The van der Waals surface area contributed by atoms with Crippen LogP contribution in [0, 0.1) is 0 Å². The van der Waals surface area contributed by atoms with Gasteiger partial charge in [-0.05, 0) is 23.8 Å². The molecular weight excluding hydrogens is 370 g/mol. The van der Waals surface area contributed by atoms with Crippen molar-refractivity contribution in [2.24, 2.45) is 5.73 Å². The first kappa shape index (κ1) is 19.1. The Balaban J connectivity index is 1.42. The zero-order valence-electron chi connectivity index (χ0n) is 16.0. The summed E-state index contributed by atoms with van der Waals surface area (Å²) in [4.78, 5) is 18.4. The number of rotatable bonds is 7. The minimum Gasteiger partial charge on any atom is -0.379 e. The second kappa shape index (κ2) is 8.85. The van der Waals surface area contributed by atoms with E-state index in [1.807, 2.05) is 18.2 Å². The van der Waals surface area contributed by atoms with Gasteiger partial charge in [0.05, 0.1) is 25.3 Å². The summed E-state index contributed by atoms with van der Waals surface area (Å²) >= 11 is 0. The van der Waals surface area contributed by atoms with Crippen LogP contribution in [0.5, 0.6) is 0 Å². The smallest absolute Gasteiger partial charge is 0.250 e. The van der Waals surface area contributed by atoms with E-state index in [0.29, 0.717) is 29.5 Å². The van der Waals surface area contributed by atoms with Crippen molar-refractivity contribution in [1.82, 2.24) is 15.0 Å². The maximum absolute atomic E-state index is 11.5. The van der Waals surface area contributed by atoms with Gasteiger partial charge in [-0.1, -0.05) is 35.5 Å². The largest absolute Gasteiger partial charge is 0.379 e. The highest BCUT2D eigenvalue weighted by Gasteiger charge is 2.14. The van der Waals surface area contributed by atoms with Crippen molar-refractivity contribution in [2.45, 2.75) is 13.1 Å². The highest BCUT2D eigenvalue weighted by Crippen LogP contribution is 2.20. The number of amides is 1. The molecule has 1 aliphatic rings. The van der Waals surface area contributed by atoms with E-state index in [9.17, 15) is 4.79 Å². The second-order valence-corrected chi connectivity index (χ2v) is 6.86. The number of carbonyl (C=O) groups excluding carboxylic acids is 1. The van der Waals surface area contributed by atoms with Crippen molar-refractivity contribution in [1.29, 1.82) is 0 Å². The van der Waals surface area contributed by atoms with Crippen molar-refractivity contribution in [3.05, 3.63) is 65.5 Å². The van der Waals surface area contributed by atoms with Gasteiger partial charge in [0, 0.05) is 30.9 Å². The third-order valence-corrected chi connectivity index (χ3v) is 4.79. The molecule has 3 N–H and O–H groups in total. The Labute approximate surface area is 168 Å². The Morgan fingerprint density at radius 2 is 1.97 bits per heavy atom. The minimum atomic E-state index is -0.489. The number of benzene rings is 2. The number of ether oxygens (including phenoxy) is 1. The third-order valence-electron chi connectivity index (χ3n) is 4.79. The lowest BCUT2D eigenvalue weighted by Gasteiger charge is -2.26. The summed E-state index contributed by atoms with van der Waals surface area (Å²) in [5, 5.41) is 7.22. The number of nitrogens with one attached hydrogen (secondary N) is 1. The van der Waals surface area contributed by atoms with Gasteiger partial charge < -0.3 is 20.3 Å². The van der Waals surface area contributed by atoms with Crippen LogP contribution in [0.2, 0.25) is 0 Å². The molecule has 1 amide bonds. The van der Waals surface area contributed by atoms with E-state index in [1.165, 1.54) is 5.56 Å². The molecule has 8 nitrogen and oxygen atoms in total. The zero-order chi connectivity index (χ0) is 20.1. The van der Waals surface area contributed by atoms with Gasteiger partial charge in [-0.25, -0.2) is 0 Å². The van der Waals surface area contributed by atoms with E-state index in [-0.39, 0.29) is 0 Å². The molecule has 2 heterocycles. The Morgan fingerprint density at radius 1 is 1.14 bits per heavy atom. The number of para-hydroxylation sites is 1. The predicted octanol–water partition coefficient (Wildman–Crippen LogP) is 2.28. The molecule has 8 heteroatoms. The molecule has 0 spiro atoms. The first-order chi connectivity index (χ1) is 14.2. The van der Waals surface area contributed by atoms with E-state index < -0.39 is 5.91 Å². The molecule has 2 aromatic carbocycles.